The first-order chi connectivity index (χ1) is 11.2. The number of nitrogens with zero attached hydrogens (tertiary/aromatic N) is 4. The van der Waals surface area contributed by atoms with Gasteiger partial charge >= 0.3 is 5.97 Å². The van der Waals surface area contributed by atoms with Crippen LogP contribution in [-0.2, 0) is 4.79 Å². The average Bonchev–Trinajstić information content (AvgIpc) is 2.57. The smallest absolute Gasteiger partial charge is 0.317 e. The number of benzene rings is 1. The molecule has 1 fully saturated rings. The minimum Gasteiger partial charge on any atom is -0.480 e. The summed E-state index contributed by atoms with van der Waals surface area (Å²) in [6.07, 6.45) is 3.39. The van der Waals surface area contributed by atoms with Crippen molar-refractivity contribution >= 4 is 23.3 Å². The first-order valence-corrected chi connectivity index (χ1v) is 7.54. The van der Waals surface area contributed by atoms with Crippen molar-refractivity contribution in [3.05, 3.63) is 42.7 Å². The van der Waals surface area contributed by atoms with Gasteiger partial charge in [0.05, 0.1) is 6.54 Å². The number of anilines is 3. The molecule has 2 N–H and O–H groups in total. The Morgan fingerprint density at radius 2 is 1.74 bits per heavy atom. The predicted molar refractivity (Wildman–Crippen MR) is 88.0 cm³/mol. The molecule has 3 rings (SSSR count). The Labute approximate surface area is 134 Å². The Morgan fingerprint density at radius 1 is 1.09 bits per heavy atom. The molecule has 1 aromatic heterocycles. The SMILES string of the molecule is O=C(O)CN1CCN(c2ccc(Nc3ncccn3)cc2)CC1. The van der Waals surface area contributed by atoms with Gasteiger partial charge in [-0.25, -0.2) is 9.97 Å². The molecule has 7 heteroatoms. The van der Waals surface area contributed by atoms with Gasteiger partial charge in [0.2, 0.25) is 5.95 Å². The molecule has 0 unspecified atom stereocenters. The van der Waals surface area contributed by atoms with Crippen molar-refractivity contribution in [2.24, 2.45) is 0 Å². The number of carbonyl (C=O) groups is 1. The van der Waals surface area contributed by atoms with Crippen LogP contribution >= 0.6 is 0 Å². The molecule has 1 aliphatic rings. The van der Waals surface area contributed by atoms with Crippen LogP contribution in [0.15, 0.2) is 42.7 Å². The van der Waals surface area contributed by atoms with E-state index in [4.69, 9.17) is 5.11 Å². The number of rotatable bonds is 5. The van der Waals surface area contributed by atoms with Gasteiger partial charge < -0.3 is 15.3 Å². The molecule has 23 heavy (non-hydrogen) atoms. The highest BCUT2D eigenvalue weighted by Crippen LogP contribution is 2.20. The molecule has 2 aromatic rings. The Balaban J connectivity index is 1.57. The lowest BCUT2D eigenvalue weighted by Gasteiger charge is -2.35. The summed E-state index contributed by atoms with van der Waals surface area (Å²) in [5.41, 5.74) is 2.07. The van der Waals surface area contributed by atoms with E-state index in [0.29, 0.717) is 5.95 Å². The van der Waals surface area contributed by atoms with Gasteiger partial charge in [0.1, 0.15) is 0 Å². The predicted octanol–water partition coefficient (Wildman–Crippen LogP) is 1.43. The molecule has 0 bridgehead atoms. The highest BCUT2D eigenvalue weighted by Gasteiger charge is 2.18. The lowest BCUT2D eigenvalue weighted by Crippen LogP contribution is -2.47. The quantitative estimate of drug-likeness (QED) is 0.864. The molecule has 0 aliphatic carbocycles. The Bertz CT molecular complexity index is 639. The van der Waals surface area contributed by atoms with Crippen LogP contribution in [-0.4, -0.2) is 58.7 Å². The molecule has 0 amide bonds. The molecule has 120 valence electrons. The van der Waals surface area contributed by atoms with E-state index in [0.717, 1.165) is 37.6 Å². The summed E-state index contributed by atoms with van der Waals surface area (Å²) in [5, 5.41) is 12.0. The van der Waals surface area contributed by atoms with Crippen molar-refractivity contribution < 1.29 is 9.90 Å². The van der Waals surface area contributed by atoms with Crippen molar-refractivity contribution in [1.29, 1.82) is 0 Å². The fourth-order valence-corrected chi connectivity index (χ4v) is 2.60. The maximum Gasteiger partial charge on any atom is 0.317 e. The molecular weight excluding hydrogens is 294 g/mol. The van der Waals surface area contributed by atoms with Crippen LogP contribution in [0, 0.1) is 0 Å². The lowest BCUT2D eigenvalue weighted by molar-refractivity contribution is -0.138. The van der Waals surface area contributed by atoms with Gasteiger partial charge in [-0.3, -0.25) is 9.69 Å². The maximum absolute atomic E-state index is 10.7. The second-order valence-corrected chi connectivity index (χ2v) is 5.40. The summed E-state index contributed by atoms with van der Waals surface area (Å²) >= 11 is 0. The van der Waals surface area contributed by atoms with E-state index in [9.17, 15) is 4.79 Å². The van der Waals surface area contributed by atoms with Crippen molar-refractivity contribution in [3.63, 3.8) is 0 Å². The van der Waals surface area contributed by atoms with Gasteiger partial charge in [-0.1, -0.05) is 0 Å². The van der Waals surface area contributed by atoms with E-state index < -0.39 is 5.97 Å². The third kappa shape index (κ3) is 4.17. The number of aromatic nitrogens is 2. The zero-order chi connectivity index (χ0) is 16.1. The minimum atomic E-state index is -0.767. The summed E-state index contributed by atoms with van der Waals surface area (Å²) in [5.74, 6) is -0.195. The van der Waals surface area contributed by atoms with Crippen LogP contribution in [0.4, 0.5) is 17.3 Å². The summed E-state index contributed by atoms with van der Waals surface area (Å²) in [7, 11) is 0. The second kappa shape index (κ2) is 7.06. The van der Waals surface area contributed by atoms with E-state index in [1.807, 2.05) is 17.0 Å². The Kier molecular flexibility index (Phi) is 4.68. The number of aliphatic carboxylic acids is 1. The molecule has 0 atom stereocenters. The van der Waals surface area contributed by atoms with Crippen molar-refractivity contribution in [1.82, 2.24) is 14.9 Å². The van der Waals surface area contributed by atoms with Gasteiger partial charge in [0.25, 0.3) is 0 Å². The molecular formula is C16H19N5O2. The van der Waals surface area contributed by atoms with Gasteiger partial charge in [0, 0.05) is 49.9 Å². The van der Waals surface area contributed by atoms with Crippen LogP contribution in [0.5, 0.6) is 0 Å². The summed E-state index contributed by atoms with van der Waals surface area (Å²) in [4.78, 5) is 23.2. The number of nitrogens with one attached hydrogen (secondary N) is 1. The largest absolute Gasteiger partial charge is 0.480 e. The van der Waals surface area contributed by atoms with Crippen LogP contribution in [0.1, 0.15) is 0 Å². The van der Waals surface area contributed by atoms with Crippen LogP contribution < -0.4 is 10.2 Å². The fraction of sp³-hybridized carbons (Fsp3) is 0.312. The normalized spacial score (nSPS) is 15.4. The fourth-order valence-electron chi connectivity index (χ4n) is 2.60. The molecule has 0 saturated carbocycles. The summed E-state index contributed by atoms with van der Waals surface area (Å²) in [6, 6.07) is 9.87. The van der Waals surface area contributed by atoms with Crippen LogP contribution in [0.2, 0.25) is 0 Å². The van der Waals surface area contributed by atoms with E-state index in [1.165, 1.54) is 0 Å². The number of hydrogen-bond acceptors (Lipinski definition) is 6. The highest BCUT2D eigenvalue weighted by atomic mass is 16.4. The number of carboxylic acid groups (broad SMARTS) is 1. The zero-order valence-corrected chi connectivity index (χ0v) is 12.7. The van der Waals surface area contributed by atoms with E-state index in [1.54, 1.807) is 18.5 Å². The van der Waals surface area contributed by atoms with Crippen molar-refractivity contribution in [2.75, 3.05) is 42.9 Å². The van der Waals surface area contributed by atoms with Gasteiger partial charge in [-0.2, -0.15) is 0 Å². The van der Waals surface area contributed by atoms with E-state index >= 15 is 0 Å². The molecule has 7 nitrogen and oxygen atoms in total. The van der Waals surface area contributed by atoms with E-state index in [-0.39, 0.29) is 6.54 Å². The van der Waals surface area contributed by atoms with Gasteiger partial charge in [0.15, 0.2) is 0 Å². The second-order valence-electron chi connectivity index (χ2n) is 5.40. The number of piperazine rings is 1. The average molecular weight is 313 g/mol. The number of carboxylic acids is 1. The molecule has 1 aromatic carbocycles. The maximum atomic E-state index is 10.7. The summed E-state index contributed by atoms with van der Waals surface area (Å²) in [6.45, 7) is 3.33. The lowest BCUT2D eigenvalue weighted by atomic mass is 10.2. The third-order valence-corrected chi connectivity index (χ3v) is 3.79. The Hall–Kier alpha value is -2.67. The van der Waals surface area contributed by atoms with E-state index in [2.05, 4.69) is 32.3 Å². The Morgan fingerprint density at radius 3 is 2.35 bits per heavy atom. The van der Waals surface area contributed by atoms with Crippen molar-refractivity contribution in [2.45, 2.75) is 0 Å². The molecule has 0 spiro atoms. The van der Waals surface area contributed by atoms with Crippen LogP contribution in [0.3, 0.4) is 0 Å². The number of hydrogen-bond donors (Lipinski definition) is 2. The summed E-state index contributed by atoms with van der Waals surface area (Å²) < 4.78 is 0. The van der Waals surface area contributed by atoms with Crippen molar-refractivity contribution in [3.8, 4) is 0 Å². The zero-order valence-electron chi connectivity index (χ0n) is 12.7. The van der Waals surface area contributed by atoms with Gasteiger partial charge in [-0.15, -0.1) is 0 Å². The monoisotopic (exact) mass is 313 g/mol. The molecule has 1 aliphatic heterocycles. The minimum absolute atomic E-state index is 0.119. The van der Waals surface area contributed by atoms with Crippen LogP contribution in [0.25, 0.3) is 0 Å². The first-order valence-electron chi connectivity index (χ1n) is 7.54. The molecule has 0 radical (unpaired) electrons. The highest BCUT2D eigenvalue weighted by molar-refractivity contribution is 5.69. The first kappa shape index (κ1) is 15.2. The molecule has 2 heterocycles. The topological polar surface area (TPSA) is 81.6 Å². The molecule has 1 saturated heterocycles. The van der Waals surface area contributed by atoms with Gasteiger partial charge in [-0.05, 0) is 30.3 Å². The standard InChI is InChI=1S/C16H19N5O2/c22-15(23)12-20-8-10-21(11-9-20)14-4-2-13(3-5-14)19-16-17-6-1-7-18-16/h1-7H,8-12H2,(H,22,23)(H,17,18,19). The third-order valence-electron chi connectivity index (χ3n) is 3.79.